The van der Waals surface area contributed by atoms with Crippen molar-refractivity contribution in [1.29, 1.82) is 0 Å². The SMILES string of the molecule is CCCCCCCCCCOc1ccc2[c]c(C(=O)Oc3ccc(C(=O)O)cc3)ccc2c1. The van der Waals surface area contributed by atoms with Gasteiger partial charge in [0.15, 0.2) is 0 Å². The van der Waals surface area contributed by atoms with Crippen LogP contribution in [0.1, 0.15) is 79.0 Å². The van der Waals surface area contributed by atoms with Crippen LogP contribution in [0.4, 0.5) is 0 Å². The first-order chi connectivity index (χ1) is 16.1. The summed E-state index contributed by atoms with van der Waals surface area (Å²) in [7, 11) is 0. The van der Waals surface area contributed by atoms with Crippen LogP contribution in [0.15, 0.2) is 54.6 Å². The molecule has 5 heteroatoms. The Morgan fingerprint density at radius 3 is 2.18 bits per heavy atom. The number of benzene rings is 3. The van der Waals surface area contributed by atoms with Crippen LogP contribution in [-0.4, -0.2) is 23.7 Å². The van der Waals surface area contributed by atoms with Gasteiger partial charge in [0.05, 0.1) is 17.7 Å². The van der Waals surface area contributed by atoms with Crippen LogP contribution >= 0.6 is 0 Å². The maximum atomic E-state index is 12.5. The molecule has 0 amide bonds. The Balaban J connectivity index is 1.48. The molecule has 3 rings (SSSR count). The largest absolute Gasteiger partial charge is 0.494 e. The molecule has 3 aromatic carbocycles. The molecule has 1 radical (unpaired) electrons. The second-order valence-corrected chi connectivity index (χ2v) is 8.16. The quantitative estimate of drug-likeness (QED) is 0.172. The Morgan fingerprint density at radius 1 is 0.818 bits per heavy atom. The number of fused-ring (bicyclic) bond motifs is 1. The highest BCUT2D eigenvalue weighted by atomic mass is 16.5. The molecule has 0 aliphatic carbocycles. The van der Waals surface area contributed by atoms with E-state index in [4.69, 9.17) is 14.6 Å². The molecule has 0 saturated heterocycles. The zero-order valence-electron chi connectivity index (χ0n) is 19.1. The van der Waals surface area contributed by atoms with E-state index in [1.807, 2.05) is 24.3 Å². The van der Waals surface area contributed by atoms with E-state index in [1.54, 1.807) is 6.07 Å². The molecule has 0 fully saturated rings. The predicted molar refractivity (Wildman–Crippen MR) is 129 cm³/mol. The molecule has 5 nitrogen and oxygen atoms in total. The fraction of sp³-hybridized carbons (Fsp3) is 0.357. The molecule has 33 heavy (non-hydrogen) atoms. The third kappa shape index (κ3) is 7.63. The summed E-state index contributed by atoms with van der Waals surface area (Å²) in [6.45, 7) is 2.94. The number of ether oxygens (including phenoxy) is 2. The molecule has 0 bridgehead atoms. The predicted octanol–water partition coefficient (Wildman–Crippen LogP) is 7.08. The third-order valence-corrected chi connectivity index (χ3v) is 5.52. The number of carboxylic acids is 1. The second-order valence-electron chi connectivity index (χ2n) is 8.16. The Labute approximate surface area is 195 Å². The van der Waals surface area contributed by atoms with E-state index in [1.165, 1.54) is 69.2 Å². The van der Waals surface area contributed by atoms with Gasteiger partial charge in [-0.1, -0.05) is 64.0 Å². The van der Waals surface area contributed by atoms with Crippen molar-refractivity contribution in [1.82, 2.24) is 0 Å². The van der Waals surface area contributed by atoms with Crippen molar-refractivity contribution >= 4 is 22.7 Å². The van der Waals surface area contributed by atoms with Gasteiger partial charge in [-0.25, -0.2) is 9.59 Å². The molecule has 0 aromatic heterocycles. The third-order valence-electron chi connectivity index (χ3n) is 5.52. The van der Waals surface area contributed by atoms with E-state index in [0.29, 0.717) is 12.2 Å². The van der Waals surface area contributed by atoms with Crippen LogP contribution in [0.5, 0.6) is 11.5 Å². The monoisotopic (exact) mass is 447 g/mol. The maximum absolute atomic E-state index is 12.5. The fourth-order valence-corrected chi connectivity index (χ4v) is 3.61. The van der Waals surface area contributed by atoms with Crippen molar-refractivity contribution < 1.29 is 24.2 Å². The molecule has 0 saturated carbocycles. The molecule has 0 unspecified atom stereocenters. The van der Waals surface area contributed by atoms with Gasteiger partial charge in [0.25, 0.3) is 0 Å². The fourth-order valence-electron chi connectivity index (χ4n) is 3.61. The summed E-state index contributed by atoms with van der Waals surface area (Å²) in [6, 6.07) is 18.0. The van der Waals surface area contributed by atoms with Crippen LogP contribution in [0.2, 0.25) is 0 Å². The summed E-state index contributed by atoms with van der Waals surface area (Å²) in [5, 5.41) is 10.7. The highest BCUT2D eigenvalue weighted by Crippen LogP contribution is 2.23. The van der Waals surface area contributed by atoms with Gasteiger partial charge in [-0.2, -0.15) is 0 Å². The van der Waals surface area contributed by atoms with Crippen molar-refractivity contribution in [2.75, 3.05) is 6.61 Å². The van der Waals surface area contributed by atoms with E-state index < -0.39 is 11.9 Å². The number of carbonyl (C=O) groups is 2. The van der Waals surface area contributed by atoms with Crippen LogP contribution < -0.4 is 9.47 Å². The average Bonchev–Trinajstić information content (AvgIpc) is 2.83. The van der Waals surface area contributed by atoms with E-state index in [9.17, 15) is 9.59 Å². The van der Waals surface area contributed by atoms with Gasteiger partial charge in [-0.15, -0.1) is 0 Å². The molecule has 0 aliphatic rings. The summed E-state index contributed by atoms with van der Waals surface area (Å²) in [5.41, 5.74) is 0.435. The van der Waals surface area contributed by atoms with E-state index in [0.717, 1.165) is 22.9 Å². The van der Waals surface area contributed by atoms with Gasteiger partial charge in [-0.05, 0) is 59.7 Å². The van der Waals surface area contributed by atoms with Gasteiger partial charge < -0.3 is 14.6 Å². The van der Waals surface area contributed by atoms with E-state index in [-0.39, 0.29) is 11.3 Å². The minimum Gasteiger partial charge on any atom is -0.494 e. The summed E-state index contributed by atoms with van der Waals surface area (Å²) < 4.78 is 11.2. The number of unbranched alkanes of at least 4 members (excludes halogenated alkanes) is 7. The molecule has 0 heterocycles. The van der Waals surface area contributed by atoms with E-state index in [2.05, 4.69) is 13.0 Å². The molecule has 0 spiro atoms. The topological polar surface area (TPSA) is 72.8 Å². The lowest BCUT2D eigenvalue weighted by Gasteiger charge is -2.09. The number of carbonyl (C=O) groups excluding carboxylic acids is 1. The smallest absolute Gasteiger partial charge is 0.344 e. The Kier molecular flexibility index (Phi) is 9.31. The van der Waals surface area contributed by atoms with Crippen LogP contribution in [0.25, 0.3) is 10.8 Å². The number of aromatic carboxylic acids is 1. The van der Waals surface area contributed by atoms with Gasteiger partial charge in [-0.3, -0.25) is 0 Å². The molecule has 1 N–H and O–H groups in total. The number of rotatable bonds is 13. The van der Waals surface area contributed by atoms with Gasteiger partial charge in [0, 0.05) is 6.07 Å². The molecule has 0 aliphatic heterocycles. The number of esters is 1. The number of hydrogen-bond donors (Lipinski definition) is 1. The maximum Gasteiger partial charge on any atom is 0.344 e. The minimum atomic E-state index is -1.03. The minimum absolute atomic E-state index is 0.132. The first-order valence-electron chi connectivity index (χ1n) is 11.7. The summed E-state index contributed by atoms with van der Waals surface area (Å²) in [4.78, 5) is 23.4. The summed E-state index contributed by atoms with van der Waals surface area (Å²) in [6.07, 6.45) is 10.1. The Hall–Kier alpha value is -3.34. The first kappa shape index (κ1) is 24.3. The molecular weight excluding hydrogens is 416 g/mol. The molecular formula is C28H31O5. The van der Waals surface area contributed by atoms with Crippen LogP contribution in [-0.2, 0) is 0 Å². The van der Waals surface area contributed by atoms with Gasteiger partial charge in [0.2, 0.25) is 0 Å². The summed E-state index contributed by atoms with van der Waals surface area (Å²) >= 11 is 0. The van der Waals surface area contributed by atoms with Crippen molar-refractivity contribution in [3.8, 4) is 11.5 Å². The zero-order valence-corrected chi connectivity index (χ0v) is 19.1. The second kappa shape index (κ2) is 12.6. The molecule has 173 valence electrons. The standard InChI is InChI=1S/C28H31O5/c1-2-3-4-5-6-7-8-9-18-32-26-17-14-22-19-24(11-10-23(22)20-26)28(31)33-25-15-12-21(13-16-25)27(29)30/h10-17,20H,2-9,18H2,1H3,(H,29,30). The Morgan fingerprint density at radius 2 is 1.48 bits per heavy atom. The van der Waals surface area contributed by atoms with Gasteiger partial charge in [0.1, 0.15) is 11.5 Å². The lowest BCUT2D eigenvalue weighted by Crippen LogP contribution is -2.08. The van der Waals surface area contributed by atoms with Crippen molar-refractivity contribution in [3.05, 3.63) is 71.8 Å². The first-order valence-corrected chi connectivity index (χ1v) is 11.7. The Bertz CT molecular complexity index is 1060. The normalized spacial score (nSPS) is 10.8. The number of hydrogen-bond acceptors (Lipinski definition) is 4. The van der Waals surface area contributed by atoms with Crippen molar-refractivity contribution in [3.63, 3.8) is 0 Å². The van der Waals surface area contributed by atoms with Crippen LogP contribution in [0, 0.1) is 6.07 Å². The highest BCUT2D eigenvalue weighted by Gasteiger charge is 2.11. The number of carboxylic acid groups (broad SMARTS) is 1. The zero-order chi connectivity index (χ0) is 23.5. The molecule has 0 atom stereocenters. The highest BCUT2D eigenvalue weighted by molar-refractivity contribution is 5.96. The lowest BCUT2D eigenvalue weighted by atomic mass is 10.1. The summed E-state index contributed by atoms with van der Waals surface area (Å²) in [5.74, 6) is -0.484. The lowest BCUT2D eigenvalue weighted by molar-refractivity contribution is 0.0696. The molecule has 3 aromatic rings. The van der Waals surface area contributed by atoms with Crippen LogP contribution in [0.3, 0.4) is 0 Å². The average molecular weight is 448 g/mol. The van der Waals surface area contributed by atoms with Gasteiger partial charge >= 0.3 is 11.9 Å². The van der Waals surface area contributed by atoms with Crippen molar-refractivity contribution in [2.24, 2.45) is 0 Å². The van der Waals surface area contributed by atoms with Crippen molar-refractivity contribution in [2.45, 2.75) is 58.3 Å². The van der Waals surface area contributed by atoms with E-state index >= 15 is 0 Å².